The summed E-state index contributed by atoms with van der Waals surface area (Å²) in [6.45, 7) is 8.12. The predicted octanol–water partition coefficient (Wildman–Crippen LogP) is 1.61. The van der Waals surface area contributed by atoms with Crippen LogP contribution < -0.4 is 5.32 Å². The van der Waals surface area contributed by atoms with Gasteiger partial charge in [0.15, 0.2) is 0 Å². The van der Waals surface area contributed by atoms with E-state index in [-0.39, 0.29) is 6.10 Å². The normalized spacial score (nSPS) is 35.6. The van der Waals surface area contributed by atoms with E-state index >= 15 is 0 Å². The van der Waals surface area contributed by atoms with Crippen LogP contribution in [0.1, 0.15) is 46.0 Å². The molecule has 3 heteroatoms. The molecule has 0 amide bonds. The first kappa shape index (κ1) is 13.3. The molecule has 2 aliphatic rings. The van der Waals surface area contributed by atoms with Crippen LogP contribution in [0.15, 0.2) is 0 Å². The Balaban J connectivity index is 1.68. The molecule has 0 aromatic rings. The maximum atomic E-state index is 9.91. The molecule has 3 unspecified atom stereocenters. The van der Waals surface area contributed by atoms with Crippen LogP contribution in [0.5, 0.6) is 0 Å². The highest BCUT2D eigenvalue weighted by Crippen LogP contribution is 2.21. The first-order valence-electron chi connectivity index (χ1n) is 7.32. The minimum atomic E-state index is -0.105. The second-order valence-corrected chi connectivity index (χ2v) is 6.11. The van der Waals surface area contributed by atoms with Gasteiger partial charge in [-0.15, -0.1) is 0 Å². The van der Waals surface area contributed by atoms with E-state index in [4.69, 9.17) is 0 Å². The van der Waals surface area contributed by atoms with Crippen LogP contribution in [0.3, 0.4) is 0 Å². The number of hydrogen-bond acceptors (Lipinski definition) is 3. The highest BCUT2D eigenvalue weighted by Gasteiger charge is 2.27. The fourth-order valence-electron chi connectivity index (χ4n) is 3.17. The average molecular weight is 240 g/mol. The van der Waals surface area contributed by atoms with E-state index in [1.807, 2.05) is 0 Å². The predicted molar refractivity (Wildman–Crippen MR) is 71.1 cm³/mol. The second kappa shape index (κ2) is 6.17. The van der Waals surface area contributed by atoms with Crippen LogP contribution in [-0.2, 0) is 0 Å². The molecule has 0 bridgehead atoms. The van der Waals surface area contributed by atoms with Crippen molar-refractivity contribution in [2.75, 3.05) is 19.6 Å². The van der Waals surface area contributed by atoms with Crippen molar-refractivity contribution in [3.05, 3.63) is 0 Å². The van der Waals surface area contributed by atoms with Gasteiger partial charge in [0, 0.05) is 18.6 Å². The molecule has 0 aromatic carbocycles. The summed E-state index contributed by atoms with van der Waals surface area (Å²) >= 11 is 0. The SMILES string of the molecule is CC(C)N1CCC(CNC2CCCCC2O)C1. The van der Waals surface area contributed by atoms with Crippen LogP contribution in [0.4, 0.5) is 0 Å². The lowest BCUT2D eigenvalue weighted by Crippen LogP contribution is -2.44. The van der Waals surface area contributed by atoms with E-state index in [2.05, 4.69) is 24.1 Å². The molecular formula is C14H28N2O. The van der Waals surface area contributed by atoms with E-state index < -0.39 is 0 Å². The second-order valence-electron chi connectivity index (χ2n) is 6.11. The molecule has 2 rings (SSSR count). The third kappa shape index (κ3) is 3.67. The standard InChI is InChI=1S/C14H28N2O/c1-11(2)16-8-7-12(10-16)9-15-13-5-3-4-6-14(13)17/h11-15,17H,3-10H2,1-2H3. The minimum absolute atomic E-state index is 0.105. The Morgan fingerprint density at radius 3 is 2.65 bits per heavy atom. The van der Waals surface area contributed by atoms with E-state index in [1.54, 1.807) is 0 Å². The number of nitrogens with one attached hydrogen (secondary N) is 1. The van der Waals surface area contributed by atoms with Gasteiger partial charge in [0.2, 0.25) is 0 Å². The molecule has 100 valence electrons. The van der Waals surface area contributed by atoms with Crippen molar-refractivity contribution >= 4 is 0 Å². The molecule has 1 aliphatic carbocycles. The summed E-state index contributed by atoms with van der Waals surface area (Å²) in [4.78, 5) is 2.56. The number of aliphatic hydroxyl groups excluding tert-OH is 1. The fourth-order valence-corrected chi connectivity index (χ4v) is 3.17. The molecule has 1 heterocycles. The van der Waals surface area contributed by atoms with Gasteiger partial charge < -0.3 is 15.3 Å². The molecule has 2 N–H and O–H groups in total. The largest absolute Gasteiger partial charge is 0.392 e. The minimum Gasteiger partial charge on any atom is -0.392 e. The third-order valence-electron chi connectivity index (χ3n) is 4.45. The topological polar surface area (TPSA) is 35.5 Å². The Bertz CT molecular complexity index is 232. The molecule has 2 fully saturated rings. The van der Waals surface area contributed by atoms with E-state index in [1.165, 1.54) is 32.4 Å². The van der Waals surface area contributed by atoms with Gasteiger partial charge in [0.05, 0.1) is 6.10 Å². The third-order valence-corrected chi connectivity index (χ3v) is 4.45. The van der Waals surface area contributed by atoms with Gasteiger partial charge in [-0.2, -0.15) is 0 Å². The van der Waals surface area contributed by atoms with Crippen LogP contribution in [0.25, 0.3) is 0 Å². The van der Waals surface area contributed by atoms with Crippen LogP contribution in [-0.4, -0.2) is 47.8 Å². The van der Waals surface area contributed by atoms with Crippen molar-refractivity contribution in [2.45, 2.75) is 64.1 Å². The highest BCUT2D eigenvalue weighted by molar-refractivity contribution is 4.84. The van der Waals surface area contributed by atoms with Gasteiger partial charge in [-0.25, -0.2) is 0 Å². The summed E-state index contributed by atoms with van der Waals surface area (Å²) in [5, 5.41) is 13.5. The van der Waals surface area contributed by atoms with Gasteiger partial charge in [0.1, 0.15) is 0 Å². The Hall–Kier alpha value is -0.120. The van der Waals surface area contributed by atoms with Gasteiger partial charge in [-0.05, 0) is 52.1 Å². The Morgan fingerprint density at radius 1 is 1.24 bits per heavy atom. The summed E-state index contributed by atoms with van der Waals surface area (Å²) in [7, 11) is 0. The number of likely N-dealkylation sites (tertiary alicyclic amines) is 1. The van der Waals surface area contributed by atoms with Gasteiger partial charge in [-0.1, -0.05) is 12.8 Å². The zero-order valence-corrected chi connectivity index (χ0v) is 11.4. The molecule has 0 aromatic heterocycles. The molecule has 1 saturated carbocycles. The molecule has 1 aliphatic heterocycles. The van der Waals surface area contributed by atoms with Gasteiger partial charge in [-0.3, -0.25) is 0 Å². The summed E-state index contributed by atoms with van der Waals surface area (Å²) < 4.78 is 0. The molecule has 3 nitrogen and oxygen atoms in total. The average Bonchev–Trinajstić information content (AvgIpc) is 2.77. The van der Waals surface area contributed by atoms with Crippen LogP contribution in [0, 0.1) is 5.92 Å². The lowest BCUT2D eigenvalue weighted by molar-refractivity contribution is 0.0888. The van der Waals surface area contributed by atoms with Crippen molar-refractivity contribution in [1.29, 1.82) is 0 Å². The van der Waals surface area contributed by atoms with Crippen molar-refractivity contribution in [2.24, 2.45) is 5.92 Å². The lowest BCUT2D eigenvalue weighted by atomic mass is 9.92. The zero-order chi connectivity index (χ0) is 12.3. The van der Waals surface area contributed by atoms with Crippen molar-refractivity contribution in [1.82, 2.24) is 10.2 Å². The molecule has 1 saturated heterocycles. The van der Waals surface area contributed by atoms with Crippen LogP contribution in [0.2, 0.25) is 0 Å². The van der Waals surface area contributed by atoms with Crippen molar-refractivity contribution in [3.8, 4) is 0 Å². The number of hydrogen-bond donors (Lipinski definition) is 2. The number of nitrogens with zero attached hydrogens (tertiary/aromatic N) is 1. The fraction of sp³-hybridized carbons (Fsp3) is 1.00. The lowest BCUT2D eigenvalue weighted by Gasteiger charge is -2.29. The summed E-state index contributed by atoms with van der Waals surface area (Å²) in [5.41, 5.74) is 0. The quantitative estimate of drug-likeness (QED) is 0.783. The maximum Gasteiger partial charge on any atom is 0.0693 e. The van der Waals surface area contributed by atoms with Crippen molar-refractivity contribution in [3.63, 3.8) is 0 Å². The first-order valence-corrected chi connectivity index (χ1v) is 7.32. The summed E-state index contributed by atoms with van der Waals surface area (Å²) in [6, 6.07) is 1.04. The maximum absolute atomic E-state index is 9.91. The number of rotatable bonds is 4. The molecule has 3 atom stereocenters. The Morgan fingerprint density at radius 2 is 2.00 bits per heavy atom. The zero-order valence-electron chi connectivity index (χ0n) is 11.4. The first-order chi connectivity index (χ1) is 8.16. The van der Waals surface area contributed by atoms with E-state index in [9.17, 15) is 5.11 Å². The molecule has 0 radical (unpaired) electrons. The molecular weight excluding hydrogens is 212 g/mol. The number of aliphatic hydroxyl groups is 1. The summed E-state index contributed by atoms with van der Waals surface area (Å²) in [6.07, 6.45) is 5.82. The van der Waals surface area contributed by atoms with Crippen LogP contribution >= 0.6 is 0 Å². The Kier molecular flexibility index (Phi) is 4.83. The van der Waals surface area contributed by atoms with Crippen molar-refractivity contribution < 1.29 is 5.11 Å². The molecule has 17 heavy (non-hydrogen) atoms. The van der Waals surface area contributed by atoms with Gasteiger partial charge in [0.25, 0.3) is 0 Å². The molecule has 0 spiro atoms. The monoisotopic (exact) mass is 240 g/mol. The smallest absolute Gasteiger partial charge is 0.0693 e. The van der Waals surface area contributed by atoms with E-state index in [0.717, 1.165) is 25.3 Å². The summed E-state index contributed by atoms with van der Waals surface area (Å²) in [5.74, 6) is 0.784. The Labute approximate surface area is 106 Å². The van der Waals surface area contributed by atoms with Gasteiger partial charge >= 0.3 is 0 Å². The highest BCUT2D eigenvalue weighted by atomic mass is 16.3. The van der Waals surface area contributed by atoms with E-state index in [0.29, 0.717) is 12.1 Å².